The van der Waals surface area contributed by atoms with Gasteiger partial charge in [0.1, 0.15) is 16.9 Å². The van der Waals surface area contributed by atoms with E-state index in [1.807, 2.05) is 58.0 Å². The summed E-state index contributed by atoms with van der Waals surface area (Å²) in [4.78, 5) is 24.9. The first kappa shape index (κ1) is 20.0. The van der Waals surface area contributed by atoms with E-state index in [1.54, 1.807) is 6.07 Å². The van der Waals surface area contributed by atoms with Gasteiger partial charge in [-0.15, -0.1) is 0 Å². The zero-order valence-electron chi connectivity index (χ0n) is 17.7. The van der Waals surface area contributed by atoms with Crippen molar-refractivity contribution < 1.29 is 13.6 Å². The predicted molar refractivity (Wildman–Crippen MR) is 118 cm³/mol. The van der Waals surface area contributed by atoms with E-state index in [0.717, 1.165) is 33.2 Å². The summed E-state index contributed by atoms with van der Waals surface area (Å²) in [5.41, 5.74) is 5.53. The molecule has 0 atom stereocenters. The second-order valence-corrected chi connectivity index (χ2v) is 7.88. The molecule has 2 heterocycles. The molecule has 0 fully saturated rings. The Kier molecular flexibility index (Phi) is 5.20. The number of fused-ring (bicyclic) bond motifs is 2. The van der Waals surface area contributed by atoms with Crippen molar-refractivity contribution in [1.29, 1.82) is 0 Å². The summed E-state index contributed by atoms with van der Waals surface area (Å²) in [6.45, 7) is 8.35. The van der Waals surface area contributed by atoms with Gasteiger partial charge in [-0.2, -0.15) is 0 Å². The van der Waals surface area contributed by atoms with Crippen molar-refractivity contribution in [3.8, 4) is 0 Å². The van der Waals surface area contributed by atoms with E-state index in [1.165, 1.54) is 5.56 Å². The SMILES string of the molecule is Cc1ccc(CNC(=O)CCc2c(C)c3cc4c(C)c(C)oc4cc3oc2=O)cc1. The molecule has 0 spiro atoms. The number of amides is 1. The maximum atomic E-state index is 12.6. The number of furan rings is 1. The van der Waals surface area contributed by atoms with Crippen molar-refractivity contribution in [3.63, 3.8) is 0 Å². The fraction of sp³-hybridized carbons (Fsp3) is 0.280. The minimum Gasteiger partial charge on any atom is -0.461 e. The molecule has 154 valence electrons. The van der Waals surface area contributed by atoms with Crippen molar-refractivity contribution in [2.24, 2.45) is 0 Å². The summed E-state index contributed by atoms with van der Waals surface area (Å²) >= 11 is 0. The molecular formula is C25H25NO4. The van der Waals surface area contributed by atoms with Gasteiger partial charge in [0.25, 0.3) is 0 Å². The van der Waals surface area contributed by atoms with Crippen LogP contribution >= 0.6 is 0 Å². The number of nitrogens with one attached hydrogen (secondary N) is 1. The van der Waals surface area contributed by atoms with Crippen LogP contribution in [0.4, 0.5) is 0 Å². The van der Waals surface area contributed by atoms with Crippen LogP contribution in [0, 0.1) is 27.7 Å². The largest absolute Gasteiger partial charge is 0.461 e. The molecule has 4 aromatic rings. The molecule has 0 aliphatic heterocycles. The highest BCUT2D eigenvalue weighted by Gasteiger charge is 2.16. The molecule has 0 radical (unpaired) electrons. The normalized spacial score (nSPS) is 11.3. The Hall–Kier alpha value is -3.34. The molecule has 2 aromatic carbocycles. The number of rotatable bonds is 5. The van der Waals surface area contributed by atoms with Gasteiger partial charge in [-0.05, 0) is 56.9 Å². The minimum atomic E-state index is -0.398. The first-order valence-electron chi connectivity index (χ1n) is 10.1. The van der Waals surface area contributed by atoms with Gasteiger partial charge in [0.2, 0.25) is 5.91 Å². The number of aryl methyl sites for hydroxylation is 4. The quantitative estimate of drug-likeness (QED) is 0.475. The third-order valence-corrected chi connectivity index (χ3v) is 5.80. The topological polar surface area (TPSA) is 72.5 Å². The van der Waals surface area contributed by atoms with Crippen LogP contribution in [0.25, 0.3) is 21.9 Å². The van der Waals surface area contributed by atoms with E-state index in [0.29, 0.717) is 29.7 Å². The Balaban J connectivity index is 1.54. The number of hydrogen-bond donors (Lipinski definition) is 1. The number of carbonyl (C=O) groups excluding carboxylic acids is 1. The van der Waals surface area contributed by atoms with Crippen LogP contribution in [0.2, 0.25) is 0 Å². The lowest BCUT2D eigenvalue weighted by Crippen LogP contribution is -2.24. The Morgan fingerprint density at radius 3 is 2.30 bits per heavy atom. The first-order valence-corrected chi connectivity index (χ1v) is 10.1. The molecular weight excluding hydrogens is 378 g/mol. The predicted octanol–water partition coefficient (Wildman–Crippen LogP) is 5.02. The molecule has 0 unspecified atom stereocenters. The summed E-state index contributed by atoms with van der Waals surface area (Å²) in [6, 6.07) is 11.8. The van der Waals surface area contributed by atoms with Gasteiger partial charge in [0.15, 0.2) is 0 Å². The minimum absolute atomic E-state index is 0.0915. The van der Waals surface area contributed by atoms with E-state index in [-0.39, 0.29) is 12.3 Å². The Bertz CT molecular complexity index is 1310. The van der Waals surface area contributed by atoms with Crippen molar-refractivity contribution in [3.05, 3.63) is 80.4 Å². The smallest absolute Gasteiger partial charge is 0.339 e. The molecule has 0 saturated heterocycles. The summed E-state index contributed by atoms with van der Waals surface area (Å²) in [6.07, 6.45) is 0.570. The molecule has 1 amide bonds. The molecule has 30 heavy (non-hydrogen) atoms. The van der Waals surface area contributed by atoms with Gasteiger partial charge in [0, 0.05) is 35.4 Å². The average Bonchev–Trinajstić information content (AvgIpc) is 2.99. The average molecular weight is 403 g/mol. The van der Waals surface area contributed by atoms with Crippen LogP contribution < -0.4 is 10.9 Å². The van der Waals surface area contributed by atoms with Crippen molar-refractivity contribution in [2.75, 3.05) is 0 Å². The standard InChI is InChI=1S/C25H25NO4/c1-14-5-7-18(8-6-14)13-26-24(27)10-9-19-16(3)21-11-20-15(2)17(4)29-22(20)12-23(21)30-25(19)28/h5-8,11-12H,9-10,13H2,1-4H3,(H,26,27). The Morgan fingerprint density at radius 1 is 0.900 bits per heavy atom. The summed E-state index contributed by atoms with van der Waals surface area (Å²) in [7, 11) is 0. The highest BCUT2D eigenvalue weighted by molar-refractivity contribution is 5.96. The Labute approximate surface area is 174 Å². The van der Waals surface area contributed by atoms with Crippen LogP contribution in [-0.2, 0) is 17.8 Å². The molecule has 0 aliphatic carbocycles. The van der Waals surface area contributed by atoms with E-state index in [9.17, 15) is 9.59 Å². The molecule has 0 aliphatic rings. The number of carbonyl (C=O) groups is 1. The molecule has 2 aromatic heterocycles. The highest BCUT2D eigenvalue weighted by atomic mass is 16.4. The second kappa shape index (κ2) is 7.82. The number of hydrogen-bond acceptors (Lipinski definition) is 4. The molecule has 5 nitrogen and oxygen atoms in total. The monoisotopic (exact) mass is 403 g/mol. The van der Waals surface area contributed by atoms with E-state index >= 15 is 0 Å². The zero-order valence-corrected chi connectivity index (χ0v) is 17.7. The maximum Gasteiger partial charge on any atom is 0.339 e. The van der Waals surface area contributed by atoms with Crippen LogP contribution in [0.3, 0.4) is 0 Å². The lowest BCUT2D eigenvalue weighted by Gasteiger charge is -2.09. The molecule has 4 rings (SSSR count). The van der Waals surface area contributed by atoms with Crippen molar-refractivity contribution in [1.82, 2.24) is 5.32 Å². The van der Waals surface area contributed by atoms with E-state index in [2.05, 4.69) is 5.32 Å². The molecule has 1 N–H and O–H groups in total. The maximum absolute atomic E-state index is 12.6. The fourth-order valence-corrected chi connectivity index (χ4v) is 3.75. The van der Waals surface area contributed by atoms with Gasteiger partial charge in [-0.25, -0.2) is 4.79 Å². The highest BCUT2D eigenvalue weighted by Crippen LogP contribution is 2.31. The van der Waals surface area contributed by atoms with Gasteiger partial charge in [-0.1, -0.05) is 29.8 Å². The molecule has 0 bridgehead atoms. The molecule has 0 saturated carbocycles. The third-order valence-electron chi connectivity index (χ3n) is 5.80. The summed E-state index contributed by atoms with van der Waals surface area (Å²) < 4.78 is 11.3. The van der Waals surface area contributed by atoms with Crippen LogP contribution in [0.15, 0.2) is 50.0 Å². The van der Waals surface area contributed by atoms with Crippen LogP contribution in [0.1, 0.15) is 40.0 Å². The fourth-order valence-electron chi connectivity index (χ4n) is 3.75. The summed E-state index contributed by atoms with van der Waals surface area (Å²) in [5.74, 6) is 0.761. The lowest BCUT2D eigenvalue weighted by atomic mass is 10.0. The van der Waals surface area contributed by atoms with E-state index in [4.69, 9.17) is 8.83 Å². The van der Waals surface area contributed by atoms with Gasteiger partial charge in [0.05, 0.1) is 0 Å². The van der Waals surface area contributed by atoms with Crippen LogP contribution in [0.5, 0.6) is 0 Å². The van der Waals surface area contributed by atoms with Gasteiger partial charge >= 0.3 is 5.63 Å². The van der Waals surface area contributed by atoms with Gasteiger partial charge < -0.3 is 14.2 Å². The zero-order chi connectivity index (χ0) is 21.4. The third kappa shape index (κ3) is 3.75. The molecule has 5 heteroatoms. The first-order chi connectivity index (χ1) is 14.3. The van der Waals surface area contributed by atoms with Crippen molar-refractivity contribution in [2.45, 2.75) is 47.1 Å². The van der Waals surface area contributed by atoms with E-state index < -0.39 is 5.63 Å². The summed E-state index contributed by atoms with van der Waals surface area (Å²) in [5, 5.41) is 4.80. The number of benzene rings is 2. The Morgan fingerprint density at radius 2 is 1.57 bits per heavy atom. The van der Waals surface area contributed by atoms with Crippen molar-refractivity contribution >= 4 is 27.8 Å². The lowest BCUT2D eigenvalue weighted by molar-refractivity contribution is -0.121. The second-order valence-electron chi connectivity index (χ2n) is 7.88. The van der Waals surface area contributed by atoms with Gasteiger partial charge in [-0.3, -0.25) is 4.79 Å². The van der Waals surface area contributed by atoms with Crippen LogP contribution in [-0.4, -0.2) is 5.91 Å².